The third kappa shape index (κ3) is 4.32. The third-order valence-electron chi connectivity index (χ3n) is 4.60. The summed E-state index contributed by atoms with van der Waals surface area (Å²) in [4.78, 5) is 14.5. The number of urea groups is 1. The van der Waals surface area contributed by atoms with E-state index in [1.165, 1.54) is 0 Å². The van der Waals surface area contributed by atoms with Crippen molar-refractivity contribution in [3.63, 3.8) is 0 Å². The van der Waals surface area contributed by atoms with Gasteiger partial charge in [-0.1, -0.05) is 24.4 Å². The van der Waals surface area contributed by atoms with E-state index in [2.05, 4.69) is 15.5 Å². The molecule has 1 aromatic rings. The Morgan fingerprint density at radius 2 is 2.00 bits per heavy atom. The van der Waals surface area contributed by atoms with E-state index < -0.39 is 6.10 Å². The molecule has 6 nitrogen and oxygen atoms in total. The van der Waals surface area contributed by atoms with Crippen LogP contribution in [0, 0.1) is 0 Å². The van der Waals surface area contributed by atoms with E-state index in [1.54, 1.807) is 6.07 Å². The molecule has 1 aliphatic carbocycles. The number of amides is 2. The zero-order chi connectivity index (χ0) is 16.9. The minimum absolute atomic E-state index is 0.190. The Hall–Kier alpha value is -1.50. The van der Waals surface area contributed by atoms with Crippen molar-refractivity contribution in [1.82, 2.24) is 5.32 Å². The van der Waals surface area contributed by atoms with Crippen LogP contribution >= 0.6 is 11.6 Å². The van der Waals surface area contributed by atoms with Gasteiger partial charge in [-0.15, -0.1) is 0 Å². The second-order valence-corrected chi connectivity index (χ2v) is 6.75. The first-order chi connectivity index (χ1) is 11.6. The van der Waals surface area contributed by atoms with E-state index in [1.807, 2.05) is 12.1 Å². The van der Waals surface area contributed by atoms with Gasteiger partial charge in [-0.25, -0.2) is 4.79 Å². The standard InChI is InChI=1S/C17H24ClN3O3/c18-12-5-6-15(21-7-9-24-10-8-21)14(11-12)20-17(23)19-13-3-1-2-4-16(13)22/h5-6,11,13,16,22H,1-4,7-10H2,(H2,19,20,23). The van der Waals surface area contributed by atoms with Crippen molar-refractivity contribution in [1.29, 1.82) is 0 Å². The third-order valence-corrected chi connectivity index (χ3v) is 4.84. The Bertz CT molecular complexity index is 578. The summed E-state index contributed by atoms with van der Waals surface area (Å²) in [6, 6.07) is 4.99. The van der Waals surface area contributed by atoms with Gasteiger partial charge in [-0.3, -0.25) is 0 Å². The summed E-state index contributed by atoms with van der Waals surface area (Å²) in [5.41, 5.74) is 1.61. The van der Waals surface area contributed by atoms with Crippen LogP contribution in [0.5, 0.6) is 0 Å². The number of nitrogens with zero attached hydrogens (tertiary/aromatic N) is 1. The molecule has 3 rings (SSSR count). The number of nitrogens with one attached hydrogen (secondary N) is 2. The molecule has 2 aliphatic rings. The lowest BCUT2D eigenvalue weighted by atomic mass is 9.93. The van der Waals surface area contributed by atoms with E-state index in [9.17, 15) is 9.90 Å². The highest BCUT2D eigenvalue weighted by Gasteiger charge is 2.25. The highest BCUT2D eigenvalue weighted by atomic mass is 35.5. The first-order valence-corrected chi connectivity index (χ1v) is 8.89. The number of morpholine rings is 1. The number of anilines is 2. The molecule has 7 heteroatoms. The Morgan fingerprint density at radius 1 is 1.25 bits per heavy atom. The van der Waals surface area contributed by atoms with Crippen molar-refractivity contribution in [2.24, 2.45) is 0 Å². The quantitative estimate of drug-likeness (QED) is 0.781. The van der Waals surface area contributed by atoms with Crippen LogP contribution in [-0.4, -0.2) is 49.6 Å². The summed E-state index contributed by atoms with van der Waals surface area (Å²) >= 11 is 6.10. The van der Waals surface area contributed by atoms with Crippen molar-refractivity contribution in [3.8, 4) is 0 Å². The van der Waals surface area contributed by atoms with Gasteiger partial charge < -0.3 is 25.4 Å². The fourth-order valence-electron chi connectivity index (χ4n) is 3.29. The molecule has 2 atom stereocenters. The lowest BCUT2D eigenvalue weighted by Crippen LogP contribution is -2.46. The second kappa shape index (κ2) is 8.05. The maximum atomic E-state index is 12.4. The Labute approximate surface area is 147 Å². The normalized spacial score (nSPS) is 24.5. The monoisotopic (exact) mass is 353 g/mol. The summed E-state index contributed by atoms with van der Waals surface area (Å²) in [6.45, 7) is 2.89. The van der Waals surface area contributed by atoms with Crippen LogP contribution < -0.4 is 15.5 Å². The van der Waals surface area contributed by atoms with E-state index >= 15 is 0 Å². The average molecular weight is 354 g/mol. The number of hydrogen-bond acceptors (Lipinski definition) is 4. The Morgan fingerprint density at radius 3 is 2.75 bits per heavy atom. The molecule has 2 amide bonds. The number of halogens is 1. The molecule has 24 heavy (non-hydrogen) atoms. The molecule has 132 valence electrons. The predicted molar refractivity (Wildman–Crippen MR) is 94.9 cm³/mol. The number of carbonyl (C=O) groups is 1. The maximum Gasteiger partial charge on any atom is 0.319 e. The molecule has 0 radical (unpaired) electrons. The summed E-state index contributed by atoms with van der Waals surface area (Å²) < 4.78 is 5.38. The second-order valence-electron chi connectivity index (χ2n) is 6.32. The van der Waals surface area contributed by atoms with Gasteiger partial charge >= 0.3 is 6.03 Å². The molecule has 1 saturated carbocycles. The fourth-order valence-corrected chi connectivity index (χ4v) is 3.47. The lowest BCUT2D eigenvalue weighted by molar-refractivity contribution is 0.0955. The van der Waals surface area contributed by atoms with Crippen molar-refractivity contribution in [2.45, 2.75) is 37.8 Å². The van der Waals surface area contributed by atoms with Gasteiger partial charge in [0.05, 0.1) is 36.7 Å². The van der Waals surface area contributed by atoms with Crippen molar-refractivity contribution < 1.29 is 14.6 Å². The van der Waals surface area contributed by atoms with Crippen molar-refractivity contribution in [3.05, 3.63) is 23.2 Å². The minimum Gasteiger partial charge on any atom is -0.391 e. The van der Waals surface area contributed by atoms with Crippen molar-refractivity contribution >= 4 is 29.0 Å². The first kappa shape index (κ1) is 17.3. The van der Waals surface area contributed by atoms with Crippen LogP contribution in [-0.2, 0) is 4.74 Å². The molecule has 1 aliphatic heterocycles. The summed E-state index contributed by atoms with van der Waals surface area (Å²) in [5.74, 6) is 0. The first-order valence-electron chi connectivity index (χ1n) is 8.51. The smallest absolute Gasteiger partial charge is 0.319 e. The molecule has 0 aromatic heterocycles. The van der Waals surface area contributed by atoms with Crippen LogP contribution in [0.4, 0.5) is 16.2 Å². The molecule has 2 fully saturated rings. The maximum absolute atomic E-state index is 12.4. The number of ether oxygens (including phenoxy) is 1. The SMILES string of the molecule is O=C(Nc1cc(Cl)ccc1N1CCOCC1)NC1CCCCC1O. The average Bonchev–Trinajstić information content (AvgIpc) is 2.58. The highest BCUT2D eigenvalue weighted by Crippen LogP contribution is 2.30. The van der Waals surface area contributed by atoms with Gasteiger partial charge in [0.15, 0.2) is 0 Å². The molecule has 2 unspecified atom stereocenters. The van der Waals surface area contributed by atoms with E-state index in [0.717, 1.165) is 44.5 Å². The van der Waals surface area contributed by atoms with Crippen LogP contribution in [0.1, 0.15) is 25.7 Å². The molecule has 1 aromatic carbocycles. The number of benzene rings is 1. The zero-order valence-corrected chi connectivity index (χ0v) is 14.4. The Balaban J connectivity index is 1.68. The lowest BCUT2D eigenvalue weighted by Gasteiger charge is -2.31. The molecule has 1 saturated heterocycles. The van der Waals surface area contributed by atoms with Crippen LogP contribution in [0.25, 0.3) is 0 Å². The number of hydrogen-bond donors (Lipinski definition) is 3. The van der Waals surface area contributed by atoms with Crippen LogP contribution in [0.3, 0.4) is 0 Å². The molecular formula is C17H24ClN3O3. The van der Waals surface area contributed by atoms with Crippen molar-refractivity contribution in [2.75, 3.05) is 36.5 Å². The van der Waals surface area contributed by atoms with Crippen LogP contribution in [0.15, 0.2) is 18.2 Å². The number of aliphatic hydroxyl groups is 1. The van der Waals surface area contributed by atoms with Gasteiger partial charge in [-0.05, 0) is 31.0 Å². The molecule has 3 N–H and O–H groups in total. The zero-order valence-electron chi connectivity index (χ0n) is 13.6. The highest BCUT2D eigenvalue weighted by molar-refractivity contribution is 6.31. The topological polar surface area (TPSA) is 73.8 Å². The van der Waals surface area contributed by atoms with E-state index in [4.69, 9.17) is 16.3 Å². The van der Waals surface area contributed by atoms with Crippen LogP contribution in [0.2, 0.25) is 5.02 Å². The largest absolute Gasteiger partial charge is 0.391 e. The van der Waals surface area contributed by atoms with E-state index in [-0.39, 0.29) is 12.1 Å². The van der Waals surface area contributed by atoms with Gasteiger partial charge in [0.25, 0.3) is 0 Å². The van der Waals surface area contributed by atoms with Gasteiger partial charge in [0.1, 0.15) is 0 Å². The summed E-state index contributed by atoms with van der Waals surface area (Å²) in [7, 11) is 0. The molecular weight excluding hydrogens is 330 g/mol. The number of aliphatic hydroxyl groups excluding tert-OH is 1. The van der Waals surface area contributed by atoms with Gasteiger partial charge in [0.2, 0.25) is 0 Å². The molecule has 1 heterocycles. The number of carbonyl (C=O) groups excluding carboxylic acids is 1. The summed E-state index contributed by atoms with van der Waals surface area (Å²) in [5, 5.41) is 16.3. The van der Waals surface area contributed by atoms with E-state index in [0.29, 0.717) is 23.9 Å². The molecule has 0 bridgehead atoms. The predicted octanol–water partition coefficient (Wildman–Crippen LogP) is 2.60. The number of rotatable bonds is 3. The fraction of sp³-hybridized carbons (Fsp3) is 0.588. The van der Waals surface area contributed by atoms with Gasteiger partial charge in [-0.2, -0.15) is 0 Å². The Kier molecular flexibility index (Phi) is 5.81. The van der Waals surface area contributed by atoms with Gasteiger partial charge in [0, 0.05) is 18.1 Å². The minimum atomic E-state index is -0.470. The molecule has 0 spiro atoms. The summed E-state index contributed by atoms with van der Waals surface area (Å²) in [6.07, 6.45) is 3.11.